The number of rotatable bonds is 2. The molecule has 0 aliphatic rings. The molecule has 2 heterocycles. The first-order valence-corrected chi connectivity index (χ1v) is 5.06. The molecule has 0 amide bonds. The van der Waals surface area contributed by atoms with E-state index < -0.39 is 0 Å². The van der Waals surface area contributed by atoms with E-state index in [1.54, 1.807) is 4.68 Å². The molecule has 0 saturated heterocycles. The molecule has 2 rings (SSSR count). The van der Waals surface area contributed by atoms with Gasteiger partial charge in [0.15, 0.2) is 0 Å². The minimum atomic E-state index is 0.570. The summed E-state index contributed by atoms with van der Waals surface area (Å²) in [6.07, 6.45) is 1.87. The molecular weight excluding hydrogens is 246 g/mol. The number of hydrogen-bond acceptors (Lipinski definition) is 3. The van der Waals surface area contributed by atoms with E-state index in [2.05, 4.69) is 26.0 Å². The summed E-state index contributed by atoms with van der Waals surface area (Å²) in [5.41, 5.74) is 0.936. The van der Waals surface area contributed by atoms with Crippen molar-refractivity contribution in [2.45, 2.75) is 20.4 Å². The minimum absolute atomic E-state index is 0.570. The van der Waals surface area contributed by atoms with Gasteiger partial charge in [-0.15, -0.1) is 0 Å². The van der Waals surface area contributed by atoms with Crippen molar-refractivity contribution < 1.29 is 4.42 Å². The standard InChI is InChI=1S/C9H10BrN3O/c1-6-7(2)14-9(11-6)5-13-4-3-8(10)12-13/h3-4H,5H2,1-2H3. The van der Waals surface area contributed by atoms with Crippen molar-refractivity contribution in [1.82, 2.24) is 14.8 Å². The van der Waals surface area contributed by atoms with E-state index in [1.165, 1.54) is 0 Å². The highest BCUT2D eigenvalue weighted by molar-refractivity contribution is 9.10. The second-order valence-electron chi connectivity index (χ2n) is 3.09. The lowest BCUT2D eigenvalue weighted by molar-refractivity contribution is 0.445. The summed E-state index contributed by atoms with van der Waals surface area (Å²) in [6, 6.07) is 1.88. The summed E-state index contributed by atoms with van der Waals surface area (Å²) in [5, 5.41) is 4.18. The van der Waals surface area contributed by atoms with Crippen molar-refractivity contribution in [2.24, 2.45) is 0 Å². The van der Waals surface area contributed by atoms with Crippen LogP contribution in [0.1, 0.15) is 17.3 Å². The number of oxazole rings is 1. The Labute approximate surface area is 90.1 Å². The maximum absolute atomic E-state index is 5.44. The van der Waals surface area contributed by atoms with Crippen LogP contribution in [0.3, 0.4) is 0 Å². The van der Waals surface area contributed by atoms with Gasteiger partial charge in [0, 0.05) is 6.20 Å². The van der Waals surface area contributed by atoms with Gasteiger partial charge in [-0.1, -0.05) is 0 Å². The van der Waals surface area contributed by atoms with Gasteiger partial charge in [0.25, 0.3) is 0 Å². The lowest BCUT2D eigenvalue weighted by atomic mass is 10.4. The summed E-state index contributed by atoms with van der Waals surface area (Å²) in [6.45, 7) is 4.41. The predicted molar refractivity (Wildman–Crippen MR) is 55.0 cm³/mol. The van der Waals surface area contributed by atoms with Gasteiger partial charge < -0.3 is 4.42 Å². The Morgan fingerprint density at radius 1 is 1.50 bits per heavy atom. The summed E-state index contributed by atoms with van der Waals surface area (Å²) in [4.78, 5) is 4.27. The van der Waals surface area contributed by atoms with E-state index in [0.717, 1.165) is 16.1 Å². The number of aryl methyl sites for hydroxylation is 2. The molecule has 2 aromatic heterocycles. The van der Waals surface area contributed by atoms with Crippen LogP contribution >= 0.6 is 15.9 Å². The molecule has 0 saturated carbocycles. The number of nitrogens with zero attached hydrogens (tertiary/aromatic N) is 3. The second-order valence-corrected chi connectivity index (χ2v) is 3.90. The second kappa shape index (κ2) is 3.57. The van der Waals surface area contributed by atoms with Gasteiger partial charge in [0.1, 0.15) is 16.9 Å². The summed E-state index contributed by atoms with van der Waals surface area (Å²) in [5.74, 6) is 1.56. The van der Waals surface area contributed by atoms with Crippen LogP contribution in [-0.2, 0) is 6.54 Å². The fourth-order valence-electron chi connectivity index (χ4n) is 1.17. The molecule has 2 aromatic rings. The van der Waals surface area contributed by atoms with Crippen LogP contribution in [0.4, 0.5) is 0 Å². The zero-order chi connectivity index (χ0) is 10.1. The average molecular weight is 256 g/mol. The maximum atomic E-state index is 5.44. The van der Waals surface area contributed by atoms with Gasteiger partial charge in [-0.25, -0.2) is 4.98 Å². The van der Waals surface area contributed by atoms with Crippen LogP contribution in [0.25, 0.3) is 0 Å². The molecule has 5 heteroatoms. The largest absolute Gasteiger partial charge is 0.444 e. The first kappa shape index (κ1) is 9.45. The Bertz CT molecular complexity index is 427. The normalized spacial score (nSPS) is 10.8. The molecular formula is C9H10BrN3O. The van der Waals surface area contributed by atoms with Gasteiger partial charge >= 0.3 is 0 Å². The highest BCUT2D eigenvalue weighted by atomic mass is 79.9. The Morgan fingerprint density at radius 2 is 2.29 bits per heavy atom. The molecule has 0 unspecified atom stereocenters. The quantitative estimate of drug-likeness (QED) is 0.828. The monoisotopic (exact) mass is 255 g/mol. The fraction of sp³-hybridized carbons (Fsp3) is 0.333. The van der Waals surface area contributed by atoms with E-state index in [9.17, 15) is 0 Å². The van der Waals surface area contributed by atoms with Crippen molar-refractivity contribution in [3.8, 4) is 0 Å². The van der Waals surface area contributed by atoms with Crippen molar-refractivity contribution >= 4 is 15.9 Å². The highest BCUT2D eigenvalue weighted by Crippen LogP contribution is 2.10. The first-order valence-electron chi connectivity index (χ1n) is 4.27. The minimum Gasteiger partial charge on any atom is -0.444 e. The van der Waals surface area contributed by atoms with Gasteiger partial charge in [0.2, 0.25) is 5.89 Å². The van der Waals surface area contributed by atoms with Crippen molar-refractivity contribution in [1.29, 1.82) is 0 Å². The molecule has 4 nitrogen and oxygen atoms in total. The Morgan fingerprint density at radius 3 is 2.79 bits per heavy atom. The van der Waals surface area contributed by atoms with Crippen molar-refractivity contribution in [2.75, 3.05) is 0 Å². The summed E-state index contributed by atoms with van der Waals surface area (Å²) >= 11 is 3.28. The fourth-order valence-corrected chi connectivity index (χ4v) is 1.49. The molecule has 0 N–H and O–H groups in total. The third kappa shape index (κ3) is 1.87. The van der Waals surface area contributed by atoms with E-state index in [1.807, 2.05) is 26.1 Å². The molecule has 0 aromatic carbocycles. The van der Waals surface area contributed by atoms with Crippen LogP contribution in [0.15, 0.2) is 21.3 Å². The topological polar surface area (TPSA) is 43.9 Å². The molecule has 0 atom stereocenters. The lowest BCUT2D eigenvalue weighted by Crippen LogP contribution is -2.00. The van der Waals surface area contributed by atoms with Gasteiger partial charge in [0.05, 0.1) is 5.69 Å². The van der Waals surface area contributed by atoms with Crippen LogP contribution in [0.5, 0.6) is 0 Å². The zero-order valence-corrected chi connectivity index (χ0v) is 9.58. The number of hydrogen-bond donors (Lipinski definition) is 0. The Hall–Kier alpha value is -1.10. The smallest absolute Gasteiger partial charge is 0.216 e. The van der Waals surface area contributed by atoms with Crippen LogP contribution in [-0.4, -0.2) is 14.8 Å². The van der Waals surface area contributed by atoms with Gasteiger partial charge in [-0.2, -0.15) is 5.10 Å². The molecule has 0 fully saturated rings. The van der Waals surface area contributed by atoms with Crippen LogP contribution < -0.4 is 0 Å². The van der Waals surface area contributed by atoms with Gasteiger partial charge in [-0.3, -0.25) is 4.68 Å². The molecule has 0 aliphatic heterocycles. The zero-order valence-electron chi connectivity index (χ0n) is 7.99. The Balaban J connectivity index is 2.18. The molecule has 74 valence electrons. The predicted octanol–water partition coefficient (Wildman–Crippen LogP) is 2.30. The third-order valence-corrected chi connectivity index (χ3v) is 2.40. The summed E-state index contributed by atoms with van der Waals surface area (Å²) < 4.78 is 8.03. The van der Waals surface area contributed by atoms with Crippen molar-refractivity contribution in [3.63, 3.8) is 0 Å². The average Bonchev–Trinajstić information content (AvgIpc) is 2.62. The molecule has 14 heavy (non-hydrogen) atoms. The lowest BCUT2D eigenvalue weighted by Gasteiger charge is -1.94. The number of aromatic nitrogens is 3. The molecule has 0 bridgehead atoms. The maximum Gasteiger partial charge on any atom is 0.216 e. The van der Waals surface area contributed by atoms with E-state index in [4.69, 9.17) is 4.42 Å². The molecule has 0 radical (unpaired) electrons. The first-order chi connectivity index (χ1) is 6.65. The van der Waals surface area contributed by atoms with E-state index >= 15 is 0 Å². The number of halogens is 1. The molecule has 0 aliphatic carbocycles. The van der Waals surface area contributed by atoms with E-state index in [0.29, 0.717) is 12.4 Å². The SMILES string of the molecule is Cc1nc(Cn2ccc(Br)n2)oc1C. The third-order valence-electron chi connectivity index (χ3n) is 1.98. The van der Waals surface area contributed by atoms with Crippen molar-refractivity contribution in [3.05, 3.63) is 34.2 Å². The van der Waals surface area contributed by atoms with E-state index in [-0.39, 0.29) is 0 Å². The highest BCUT2D eigenvalue weighted by Gasteiger charge is 2.06. The van der Waals surface area contributed by atoms with Gasteiger partial charge in [-0.05, 0) is 35.8 Å². The Kier molecular flexibility index (Phi) is 2.41. The van der Waals surface area contributed by atoms with Crippen LogP contribution in [0.2, 0.25) is 0 Å². The van der Waals surface area contributed by atoms with Crippen LogP contribution in [0, 0.1) is 13.8 Å². The molecule has 0 spiro atoms. The summed E-state index contributed by atoms with van der Waals surface area (Å²) in [7, 11) is 0.